The Hall–Kier alpha value is -2.92. The Kier molecular flexibility index (Phi) is 6.17. The van der Waals surface area contributed by atoms with E-state index in [4.69, 9.17) is 4.74 Å². The lowest BCUT2D eigenvalue weighted by Crippen LogP contribution is -2.14. The van der Waals surface area contributed by atoms with Gasteiger partial charge in [-0.3, -0.25) is 0 Å². The second kappa shape index (κ2) is 8.97. The summed E-state index contributed by atoms with van der Waals surface area (Å²) >= 11 is 1.56. The summed E-state index contributed by atoms with van der Waals surface area (Å²) < 4.78 is 7.62. The van der Waals surface area contributed by atoms with E-state index in [1.54, 1.807) is 17.6 Å². The number of hydrogen-bond acceptors (Lipinski definition) is 4. The molecule has 0 aliphatic heterocycles. The molecule has 1 heterocycles. The van der Waals surface area contributed by atoms with Crippen molar-refractivity contribution in [1.82, 2.24) is 4.57 Å². The number of ether oxygens (including phenoxy) is 1. The molecule has 0 saturated heterocycles. The van der Waals surface area contributed by atoms with Crippen molar-refractivity contribution in [3.63, 3.8) is 0 Å². The third-order valence-electron chi connectivity index (χ3n) is 3.72. The van der Waals surface area contributed by atoms with Gasteiger partial charge in [0.1, 0.15) is 5.75 Å². The molecule has 0 N–H and O–H groups in total. The van der Waals surface area contributed by atoms with Crippen LogP contribution in [0.15, 0.2) is 82.8 Å². The summed E-state index contributed by atoms with van der Waals surface area (Å²) in [6.45, 7) is 7.18. The van der Waals surface area contributed by atoms with Gasteiger partial charge in [-0.25, -0.2) is 0 Å². The molecule has 0 fully saturated rings. The van der Waals surface area contributed by atoms with Crippen LogP contribution < -0.4 is 9.54 Å². The highest BCUT2D eigenvalue weighted by Gasteiger charge is 2.07. The fourth-order valence-electron chi connectivity index (χ4n) is 2.52. The average Bonchev–Trinajstić information content (AvgIpc) is 3.07. The molecular formula is C21H21N3OS. The average molecular weight is 363 g/mol. The number of rotatable bonds is 7. The Morgan fingerprint density at radius 1 is 1.12 bits per heavy atom. The summed E-state index contributed by atoms with van der Waals surface area (Å²) in [6.07, 6.45) is 3.62. The van der Waals surface area contributed by atoms with E-state index in [1.807, 2.05) is 55.5 Å². The Labute approximate surface area is 157 Å². The lowest BCUT2D eigenvalue weighted by atomic mass is 10.1. The van der Waals surface area contributed by atoms with E-state index in [2.05, 4.69) is 38.9 Å². The monoisotopic (exact) mass is 363 g/mol. The normalized spacial score (nSPS) is 11.8. The Balaban J connectivity index is 1.91. The first-order valence-electron chi connectivity index (χ1n) is 8.46. The van der Waals surface area contributed by atoms with Gasteiger partial charge in [0.05, 0.1) is 18.5 Å². The van der Waals surface area contributed by atoms with Crippen LogP contribution in [0.2, 0.25) is 0 Å². The number of nitrogens with zero attached hydrogens (tertiary/aromatic N) is 3. The quantitative estimate of drug-likeness (QED) is 0.340. The van der Waals surface area contributed by atoms with Gasteiger partial charge >= 0.3 is 0 Å². The van der Waals surface area contributed by atoms with Crippen LogP contribution >= 0.6 is 11.3 Å². The van der Waals surface area contributed by atoms with Crippen molar-refractivity contribution in [1.29, 1.82) is 0 Å². The highest BCUT2D eigenvalue weighted by molar-refractivity contribution is 7.07. The predicted molar refractivity (Wildman–Crippen MR) is 109 cm³/mol. The molecule has 0 aliphatic rings. The third-order valence-corrected chi connectivity index (χ3v) is 4.57. The molecule has 2 aromatic carbocycles. The van der Waals surface area contributed by atoms with Gasteiger partial charge in [-0.15, -0.1) is 23.0 Å². The molecule has 1 aromatic heterocycles. The second-order valence-electron chi connectivity index (χ2n) is 5.52. The molecular weight excluding hydrogens is 342 g/mol. The zero-order valence-corrected chi connectivity index (χ0v) is 15.5. The van der Waals surface area contributed by atoms with Crippen LogP contribution in [0.3, 0.4) is 0 Å². The SMILES string of the molecule is C=CCn1c(-c2ccc(OCC)cc2)csc1=NN=Cc1ccccc1. The van der Waals surface area contributed by atoms with Gasteiger partial charge in [-0.2, -0.15) is 5.10 Å². The lowest BCUT2D eigenvalue weighted by Gasteiger charge is -2.07. The Bertz CT molecular complexity index is 937. The molecule has 3 aromatic rings. The molecule has 0 amide bonds. The van der Waals surface area contributed by atoms with Gasteiger partial charge in [-0.05, 0) is 42.3 Å². The van der Waals surface area contributed by atoms with Crippen LogP contribution in [0.4, 0.5) is 0 Å². The summed E-state index contributed by atoms with van der Waals surface area (Å²) in [5, 5.41) is 10.7. The number of allylic oxidation sites excluding steroid dienone is 1. The molecule has 5 heteroatoms. The largest absolute Gasteiger partial charge is 0.494 e. The zero-order chi connectivity index (χ0) is 18.2. The topological polar surface area (TPSA) is 38.9 Å². The first-order chi connectivity index (χ1) is 12.8. The van der Waals surface area contributed by atoms with E-state index in [9.17, 15) is 0 Å². The predicted octanol–water partition coefficient (Wildman–Crippen LogP) is 4.74. The summed E-state index contributed by atoms with van der Waals surface area (Å²) in [7, 11) is 0. The van der Waals surface area contributed by atoms with Crippen molar-refractivity contribution in [3.05, 3.63) is 83.0 Å². The molecule has 26 heavy (non-hydrogen) atoms. The van der Waals surface area contributed by atoms with Crippen molar-refractivity contribution < 1.29 is 4.74 Å². The number of thiazole rings is 1. The van der Waals surface area contributed by atoms with E-state index < -0.39 is 0 Å². The van der Waals surface area contributed by atoms with Gasteiger partial charge in [0.25, 0.3) is 0 Å². The zero-order valence-electron chi connectivity index (χ0n) is 14.7. The highest BCUT2D eigenvalue weighted by Crippen LogP contribution is 2.23. The van der Waals surface area contributed by atoms with Crippen molar-refractivity contribution in [2.45, 2.75) is 13.5 Å². The smallest absolute Gasteiger partial charge is 0.211 e. The van der Waals surface area contributed by atoms with Gasteiger partial charge in [-0.1, -0.05) is 36.4 Å². The van der Waals surface area contributed by atoms with Gasteiger partial charge in [0.15, 0.2) is 0 Å². The molecule has 0 radical (unpaired) electrons. The summed E-state index contributed by atoms with van der Waals surface area (Å²) in [5.41, 5.74) is 3.22. The number of hydrogen-bond donors (Lipinski definition) is 0. The van der Waals surface area contributed by atoms with E-state index in [0.29, 0.717) is 13.2 Å². The second-order valence-corrected chi connectivity index (χ2v) is 6.35. The molecule has 0 atom stereocenters. The fraction of sp³-hybridized carbons (Fsp3) is 0.143. The first-order valence-corrected chi connectivity index (χ1v) is 9.34. The van der Waals surface area contributed by atoms with Crippen LogP contribution in [0, 0.1) is 0 Å². The lowest BCUT2D eigenvalue weighted by molar-refractivity contribution is 0.340. The molecule has 0 unspecified atom stereocenters. The summed E-state index contributed by atoms with van der Waals surface area (Å²) in [6, 6.07) is 18.0. The summed E-state index contributed by atoms with van der Waals surface area (Å²) in [4.78, 5) is 0.834. The Morgan fingerprint density at radius 2 is 1.88 bits per heavy atom. The molecule has 0 spiro atoms. The van der Waals surface area contributed by atoms with Crippen LogP contribution in [0.5, 0.6) is 5.75 Å². The van der Waals surface area contributed by atoms with Gasteiger partial charge < -0.3 is 9.30 Å². The van der Waals surface area contributed by atoms with Gasteiger partial charge in [0, 0.05) is 11.9 Å². The van der Waals surface area contributed by atoms with Crippen molar-refractivity contribution in [2.75, 3.05) is 6.61 Å². The number of aromatic nitrogens is 1. The maximum atomic E-state index is 5.52. The molecule has 0 aliphatic carbocycles. The van der Waals surface area contributed by atoms with Crippen molar-refractivity contribution in [3.8, 4) is 17.0 Å². The molecule has 132 valence electrons. The molecule has 0 saturated carbocycles. The van der Waals surface area contributed by atoms with E-state index >= 15 is 0 Å². The van der Waals surface area contributed by atoms with E-state index in [0.717, 1.165) is 27.4 Å². The highest BCUT2D eigenvalue weighted by atomic mass is 32.1. The minimum atomic E-state index is 0.663. The maximum Gasteiger partial charge on any atom is 0.211 e. The van der Waals surface area contributed by atoms with Crippen LogP contribution in [0.1, 0.15) is 12.5 Å². The molecule has 4 nitrogen and oxygen atoms in total. The molecule has 0 bridgehead atoms. The fourth-order valence-corrected chi connectivity index (χ4v) is 3.39. The third kappa shape index (κ3) is 4.37. The minimum absolute atomic E-state index is 0.663. The minimum Gasteiger partial charge on any atom is -0.494 e. The maximum absolute atomic E-state index is 5.52. The van der Waals surface area contributed by atoms with Crippen LogP contribution in [-0.4, -0.2) is 17.4 Å². The van der Waals surface area contributed by atoms with E-state index in [1.165, 1.54) is 0 Å². The Morgan fingerprint density at radius 3 is 2.58 bits per heavy atom. The van der Waals surface area contributed by atoms with Gasteiger partial charge in [0.2, 0.25) is 4.80 Å². The van der Waals surface area contributed by atoms with Crippen LogP contribution in [-0.2, 0) is 6.54 Å². The molecule has 3 rings (SSSR count). The van der Waals surface area contributed by atoms with E-state index in [-0.39, 0.29) is 0 Å². The van der Waals surface area contributed by atoms with Crippen molar-refractivity contribution >= 4 is 17.6 Å². The number of benzene rings is 2. The van der Waals surface area contributed by atoms with Crippen molar-refractivity contribution in [2.24, 2.45) is 10.2 Å². The standard InChI is InChI=1S/C21H21N3OS/c1-3-14-24-20(18-10-12-19(13-11-18)25-4-2)16-26-21(24)23-22-15-17-8-6-5-7-9-17/h3,5-13,15-16H,1,4,14H2,2H3. The summed E-state index contributed by atoms with van der Waals surface area (Å²) in [5.74, 6) is 0.874. The first kappa shape index (κ1) is 17.9. The van der Waals surface area contributed by atoms with Crippen LogP contribution in [0.25, 0.3) is 11.3 Å².